The Kier molecular flexibility index (Phi) is 15.3. The Balaban J connectivity index is 0.000000619. The van der Waals surface area contributed by atoms with E-state index >= 15 is 0 Å². The first-order chi connectivity index (χ1) is 16.1. The molecule has 0 saturated heterocycles. The van der Waals surface area contributed by atoms with E-state index in [0.717, 1.165) is 10.8 Å². The summed E-state index contributed by atoms with van der Waals surface area (Å²) in [7, 11) is 0.889. The number of halogens is 1. The molecule has 2 rings (SSSR count). The highest BCUT2D eigenvalue weighted by atomic mass is 31.2. The summed E-state index contributed by atoms with van der Waals surface area (Å²) in [5, 5.41) is 11.0. The van der Waals surface area contributed by atoms with Crippen molar-refractivity contribution in [1.29, 1.82) is 0 Å². The fourth-order valence-electron chi connectivity index (χ4n) is 2.10. The summed E-state index contributed by atoms with van der Waals surface area (Å²) < 4.78 is 45.1. The number of aliphatic hydroxyl groups excluding tert-OH is 1. The van der Waals surface area contributed by atoms with Gasteiger partial charge in [0.05, 0.1) is 33.1 Å². The minimum absolute atomic E-state index is 0.0352. The fourth-order valence-corrected chi connectivity index (χ4v) is 3.60. The summed E-state index contributed by atoms with van der Waals surface area (Å²) in [6.07, 6.45) is 0.761. The first kappa shape index (κ1) is 31.2. The summed E-state index contributed by atoms with van der Waals surface area (Å²) in [6, 6.07) is 7.80. The van der Waals surface area contributed by atoms with Crippen LogP contribution in [0.15, 0.2) is 46.1 Å². The number of para-hydroxylation sites is 1. The lowest BCUT2D eigenvalue weighted by Gasteiger charge is -2.21. The highest BCUT2D eigenvalue weighted by Gasteiger charge is 2.31. The van der Waals surface area contributed by atoms with Crippen molar-refractivity contribution in [3.63, 3.8) is 0 Å². The molecule has 0 bridgehead atoms. The molecule has 0 aliphatic carbocycles. The van der Waals surface area contributed by atoms with Crippen molar-refractivity contribution in [3.8, 4) is 5.75 Å². The van der Waals surface area contributed by atoms with Gasteiger partial charge in [-0.15, -0.1) is 0 Å². The number of hydrogen-bond acceptors (Lipinski definition) is 9. The molecule has 0 amide bonds. The van der Waals surface area contributed by atoms with Gasteiger partial charge in [0, 0.05) is 14.2 Å². The van der Waals surface area contributed by atoms with Crippen LogP contribution in [0.25, 0.3) is 0 Å². The third kappa shape index (κ3) is 11.9. The van der Waals surface area contributed by atoms with Crippen molar-refractivity contribution in [2.45, 2.75) is 26.4 Å². The molecule has 1 heterocycles. The Morgan fingerprint density at radius 3 is 2.32 bits per heavy atom. The number of aromatic nitrogens is 2. The van der Waals surface area contributed by atoms with Crippen LogP contribution in [0.5, 0.6) is 5.75 Å². The van der Waals surface area contributed by atoms with Crippen molar-refractivity contribution >= 4 is 13.7 Å². The number of nitrogens with one attached hydrogen (secondary N) is 2. The first-order valence-corrected chi connectivity index (χ1v) is 11.5. The van der Waals surface area contributed by atoms with Gasteiger partial charge in [-0.3, -0.25) is 23.7 Å². The monoisotopic (exact) mass is 507 g/mol. The third-order valence-electron chi connectivity index (χ3n) is 3.48. The Morgan fingerprint density at radius 1 is 1.24 bits per heavy atom. The van der Waals surface area contributed by atoms with Crippen molar-refractivity contribution in [2.75, 3.05) is 34.5 Å². The number of rotatable bonds is 9. The van der Waals surface area contributed by atoms with Crippen LogP contribution in [0.2, 0.25) is 0 Å². The van der Waals surface area contributed by atoms with Gasteiger partial charge in [-0.2, -0.15) is 9.48 Å². The second-order valence-electron chi connectivity index (χ2n) is 6.26. The number of methoxy groups -OCH3 is 2. The molecule has 3 N–H and O–H groups in total. The van der Waals surface area contributed by atoms with Gasteiger partial charge in [-0.05, 0) is 26.0 Å². The van der Waals surface area contributed by atoms with Crippen LogP contribution in [0.1, 0.15) is 13.8 Å². The molecule has 34 heavy (non-hydrogen) atoms. The van der Waals surface area contributed by atoms with E-state index in [0.29, 0.717) is 5.75 Å². The number of carbonyl (C=O) groups is 1. The number of nitrogens with zero attached hydrogens (tertiary/aromatic N) is 1. The molecule has 1 aromatic heterocycles. The van der Waals surface area contributed by atoms with Crippen LogP contribution in [0.3, 0.4) is 0 Å². The van der Waals surface area contributed by atoms with Crippen molar-refractivity contribution < 1.29 is 37.4 Å². The van der Waals surface area contributed by atoms with Gasteiger partial charge in [0.2, 0.25) is 5.82 Å². The van der Waals surface area contributed by atoms with Gasteiger partial charge >= 0.3 is 19.4 Å². The zero-order valence-corrected chi connectivity index (χ0v) is 20.5. The second-order valence-corrected chi connectivity index (χ2v) is 7.95. The number of ether oxygens (including phenoxy) is 2. The Morgan fingerprint density at radius 2 is 1.82 bits per heavy atom. The maximum absolute atomic E-state index is 12.5. The third-order valence-corrected chi connectivity index (χ3v) is 5.24. The summed E-state index contributed by atoms with van der Waals surface area (Å²) >= 11 is 0. The molecule has 2 atom stereocenters. The highest BCUT2D eigenvalue weighted by molar-refractivity contribution is 7.52. The van der Waals surface area contributed by atoms with E-state index in [1.54, 1.807) is 50.4 Å². The molecule has 1 unspecified atom stereocenters. The van der Waals surface area contributed by atoms with Crippen LogP contribution in [0.4, 0.5) is 4.39 Å². The van der Waals surface area contributed by atoms with E-state index in [9.17, 15) is 23.3 Å². The van der Waals surface area contributed by atoms with E-state index in [-0.39, 0.29) is 19.8 Å². The number of aromatic amines is 1. The number of H-pyrrole nitrogens is 1. The normalized spacial score (nSPS) is 12.7. The van der Waals surface area contributed by atoms with E-state index in [4.69, 9.17) is 14.2 Å². The topological polar surface area (TPSA) is 158 Å². The summed E-state index contributed by atoms with van der Waals surface area (Å²) in [6.45, 7) is 3.07. The van der Waals surface area contributed by atoms with E-state index in [1.807, 2.05) is 6.07 Å². The SMILES string of the molecule is CCOP(=O)(N[C@@H](C)C(=O)OC)Oc1ccccc1.COC.O=c1[nH]c(=O)n(CCO)cc1F. The number of esters is 1. The fraction of sp³-hybridized carbons (Fsp3) is 0.450. The molecule has 0 fully saturated rings. The molecule has 1 aromatic carbocycles. The first-order valence-electron chi connectivity index (χ1n) is 9.92. The molecule has 14 heteroatoms. The number of hydrogen-bond donors (Lipinski definition) is 3. The average molecular weight is 507 g/mol. The molecule has 192 valence electrons. The van der Waals surface area contributed by atoms with Gasteiger partial charge in [0.15, 0.2) is 0 Å². The lowest BCUT2D eigenvalue weighted by Crippen LogP contribution is -2.34. The van der Waals surface area contributed by atoms with Crippen LogP contribution < -0.4 is 20.9 Å². The smallest absolute Gasteiger partial charge is 0.459 e. The predicted octanol–water partition coefficient (Wildman–Crippen LogP) is 1.29. The van der Waals surface area contributed by atoms with Crippen molar-refractivity contribution in [1.82, 2.24) is 14.6 Å². The molecule has 0 aliphatic rings. The number of benzene rings is 1. The largest absolute Gasteiger partial charge is 0.468 e. The van der Waals surface area contributed by atoms with Crippen molar-refractivity contribution in [2.24, 2.45) is 0 Å². The molecular weight excluding hydrogens is 476 g/mol. The summed E-state index contributed by atoms with van der Waals surface area (Å²) in [4.78, 5) is 34.4. The van der Waals surface area contributed by atoms with Crippen LogP contribution >= 0.6 is 7.75 Å². The Hall–Kier alpha value is -2.83. The van der Waals surface area contributed by atoms with Crippen LogP contribution in [-0.2, 0) is 29.9 Å². The van der Waals surface area contributed by atoms with Gasteiger partial charge in [0.25, 0.3) is 5.56 Å². The number of aliphatic hydroxyl groups is 1. The zero-order valence-electron chi connectivity index (χ0n) is 19.6. The standard InChI is InChI=1S/C12H18NO5P.C6H7FN2O3.C2H6O/c1-4-17-19(15,13-10(2)12(14)16-3)18-11-8-6-5-7-9-11;7-4-3-9(1-2-10)6(12)8-5(4)11;1-3-2/h5-10H,4H2,1-3H3,(H,13,15);3,10H,1-2H2,(H,8,11,12);1-2H3/t10-,19?;;/m0../s1. The van der Waals surface area contributed by atoms with Gasteiger partial charge < -0.3 is 19.1 Å². The molecule has 0 aliphatic heterocycles. The van der Waals surface area contributed by atoms with E-state index in [1.165, 1.54) is 14.0 Å². The van der Waals surface area contributed by atoms with Crippen LogP contribution in [0, 0.1) is 5.82 Å². The lowest BCUT2D eigenvalue weighted by molar-refractivity contribution is -0.142. The number of carbonyl (C=O) groups excluding carboxylic acids is 1. The van der Waals surface area contributed by atoms with E-state index in [2.05, 4.69) is 14.6 Å². The molecular formula is C20H31FN3O9P. The van der Waals surface area contributed by atoms with Crippen molar-refractivity contribution in [3.05, 3.63) is 63.2 Å². The maximum atomic E-state index is 12.5. The lowest BCUT2D eigenvalue weighted by atomic mass is 10.3. The molecule has 0 radical (unpaired) electrons. The Bertz CT molecular complexity index is 1010. The summed E-state index contributed by atoms with van der Waals surface area (Å²) in [5.41, 5.74) is -1.77. The predicted molar refractivity (Wildman–Crippen MR) is 122 cm³/mol. The maximum Gasteiger partial charge on any atom is 0.459 e. The molecule has 0 saturated carbocycles. The summed E-state index contributed by atoms with van der Waals surface area (Å²) in [5.74, 6) is -1.19. The average Bonchev–Trinajstić information content (AvgIpc) is 2.78. The molecule has 12 nitrogen and oxygen atoms in total. The second kappa shape index (κ2) is 16.7. The quantitative estimate of drug-likeness (QED) is 0.334. The minimum Gasteiger partial charge on any atom is -0.468 e. The van der Waals surface area contributed by atoms with E-state index < -0.39 is 36.8 Å². The molecule has 2 aromatic rings. The highest BCUT2D eigenvalue weighted by Crippen LogP contribution is 2.44. The van der Waals surface area contributed by atoms with Gasteiger partial charge in [-0.25, -0.2) is 9.36 Å². The van der Waals surface area contributed by atoms with Gasteiger partial charge in [0.1, 0.15) is 11.8 Å². The zero-order chi connectivity index (χ0) is 26.1. The van der Waals surface area contributed by atoms with Gasteiger partial charge in [-0.1, -0.05) is 18.2 Å². The molecule has 0 spiro atoms. The van der Waals surface area contributed by atoms with Crippen LogP contribution in [-0.4, -0.2) is 61.2 Å². The Labute approximate surface area is 196 Å². The minimum atomic E-state index is -3.62.